The number of carbonyl (C=O) groups excluding carboxylic acids is 1. The van der Waals surface area contributed by atoms with Crippen molar-refractivity contribution in [1.29, 1.82) is 0 Å². The van der Waals surface area contributed by atoms with Gasteiger partial charge in [0.15, 0.2) is 0 Å². The van der Waals surface area contributed by atoms with E-state index in [1.165, 1.54) is 12.8 Å². The lowest BCUT2D eigenvalue weighted by molar-refractivity contribution is 0.207. The molecule has 0 heterocycles. The van der Waals surface area contributed by atoms with Gasteiger partial charge in [-0.1, -0.05) is 56.2 Å². The van der Waals surface area contributed by atoms with E-state index in [0.717, 1.165) is 23.3 Å². The zero-order chi connectivity index (χ0) is 15.1. The molecule has 0 fully saturated rings. The highest BCUT2D eigenvalue weighted by Gasteiger charge is 2.04. The molecule has 0 bridgehead atoms. The van der Waals surface area contributed by atoms with Crippen molar-refractivity contribution in [3.8, 4) is 16.9 Å². The number of hydrogen-bond donors (Lipinski definition) is 0. The summed E-state index contributed by atoms with van der Waals surface area (Å²) in [7, 11) is 0. The first-order chi connectivity index (χ1) is 10.2. The van der Waals surface area contributed by atoms with Crippen LogP contribution in [0.15, 0.2) is 48.5 Å². The topological polar surface area (TPSA) is 26.3 Å². The minimum atomic E-state index is 0.248. The molecule has 2 aromatic rings. The highest BCUT2D eigenvalue weighted by atomic mass is 16.5. The molecule has 1 unspecified atom stereocenters. The van der Waals surface area contributed by atoms with Crippen molar-refractivity contribution in [3.05, 3.63) is 54.1 Å². The molecule has 2 aromatic carbocycles. The maximum atomic E-state index is 10.5. The summed E-state index contributed by atoms with van der Waals surface area (Å²) in [4.78, 5) is 10.5. The first-order valence-electron chi connectivity index (χ1n) is 7.48. The third-order valence-corrected chi connectivity index (χ3v) is 3.49. The van der Waals surface area contributed by atoms with Crippen LogP contribution < -0.4 is 4.74 Å². The van der Waals surface area contributed by atoms with Gasteiger partial charge >= 0.3 is 0 Å². The summed E-state index contributed by atoms with van der Waals surface area (Å²) < 4.78 is 5.89. The van der Waals surface area contributed by atoms with Crippen LogP contribution in [0.5, 0.6) is 5.75 Å². The highest BCUT2D eigenvalue weighted by molar-refractivity contribution is 5.77. The van der Waals surface area contributed by atoms with E-state index in [2.05, 4.69) is 13.8 Å². The Labute approximate surface area is 126 Å². The smallest absolute Gasteiger partial charge is 0.233 e. The van der Waals surface area contributed by atoms with Gasteiger partial charge in [-0.05, 0) is 36.6 Å². The number of hydrogen-bond acceptors (Lipinski definition) is 2. The van der Waals surface area contributed by atoms with Crippen LogP contribution in [0.2, 0.25) is 0 Å². The second kappa shape index (κ2) is 7.63. The molecule has 1 radical (unpaired) electrons. The largest absolute Gasteiger partial charge is 0.491 e. The Kier molecular flexibility index (Phi) is 5.56. The van der Waals surface area contributed by atoms with Crippen LogP contribution in [0.25, 0.3) is 11.1 Å². The molecule has 109 valence electrons. The van der Waals surface area contributed by atoms with Crippen LogP contribution in [0.3, 0.4) is 0 Å². The molecular weight excluding hydrogens is 260 g/mol. The Balaban J connectivity index is 2.02. The highest BCUT2D eigenvalue weighted by Crippen LogP contribution is 2.23. The molecule has 21 heavy (non-hydrogen) atoms. The quantitative estimate of drug-likeness (QED) is 0.730. The predicted molar refractivity (Wildman–Crippen MR) is 86.3 cm³/mol. The number of rotatable bonds is 7. The first kappa shape index (κ1) is 15.3. The van der Waals surface area contributed by atoms with Crippen LogP contribution in [-0.2, 0) is 4.79 Å². The van der Waals surface area contributed by atoms with Crippen LogP contribution >= 0.6 is 0 Å². The van der Waals surface area contributed by atoms with Crippen LogP contribution in [0.4, 0.5) is 0 Å². The van der Waals surface area contributed by atoms with Gasteiger partial charge in [-0.2, -0.15) is 0 Å². The van der Waals surface area contributed by atoms with E-state index in [0.29, 0.717) is 5.56 Å². The number of benzene rings is 2. The Morgan fingerprint density at radius 1 is 1.00 bits per heavy atom. The van der Waals surface area contributed by atoms with Crippen molar-refractivity contribution in [2.75, 3.05) is 0 Å². The van der Waals surface area contributed by atoms with Gasteiger partial charge in [0, 0.05) is 5.56 Å². The monoisotopic (exact) mass is 281 g/mol. The fraction of sp³-hybridized carbons (Fsp3) is 0.316. The average Bonchev–Trinajstić information content (AvgIpc) is 2.54. The minimum Gasteiger partial charge on any atom is -0.491 e. The first-order valence-corrected chi connectivity index (χ1v) is 7.48. The summed E-state index contributed by atoms with van der Waals surface area (Å²) in [5, 5.41) is 0. The van der Waals surface area contributed by atoms with E-state index in [9.17, 15) is 4.79 Å². The van der Waals surface area contributed by atoms with Crippen LogP contribution in [0.1, 0.15) is 38.7 Å². The number of ether oxygens (including phenoxy) is 1. The van der Waals surface area contributed by atoms with E-state index in [4.69, 9.17) is 4.74 Å². The molecule has 2 heteroatoms. The Morgan fingerprint density at radius 3 is 2.10 bits per heavy atom. The predicted octanol–water partition coefficient (Wildman–Crippen LogP) is 4.77. The molecule has 0 aliphatic carbocycles. The van der Waals surface area contributed by atoms with Crippen molar-refractivity contribution in [1.82, 2.24) is 0 Å². The van der Waals surface area contributed by atoms with E-state index < -0.39 is 0 Å². The summed E-state index contributed by atoms with van der Waals surface area (Å²) in [6.07, 6.45) is 5.61. The minimum absolute atomic E-state index is 0.248. The summed E-state index contributed by atoms with van der Waals surface area (Å²) in [6.45, 7) is 4.30. The molecule has 0 spiro atoms. The standard InChI is InChI=1S/C19H21O2/c1-3-4-5-15(2)21-19-12-10-18(11-13-19)17-8-6-16(14-20)7-9-17/h6-13,15H,3-5H2,1-2H3. The summed E-state index contributed by atoms with van der Waals surface area (Å²) in [5.41, 5.74) is 2.77. The second-order valence-corrected chi connectivity index (χ2v) is 5.27. The van der Waals surface area contributed by atoms with Gasteiger partial charge < -0.3 is 4.74 Å². The van der Waals surface area contributed by atoms with Crippen LogP contribution in [0, 0.1) is 0 Å². The van der Waals surface area contributed by atoms with Gasteiger partial charge in [0.1, 0.15) is 5.75 Å². The summed E-state index contributed by atoms with van der Waals surface area (Å²) >= 11 is 0. The molecular formula is C19H21O2. The van der Waals surface area contributed by atoms with E-state index in [-0.39, 0.29) is 6.10 Å². The van der Waals surface area contributed by atoms with Gasteiger partial charge in [0.25, 0.3) is 0 Å². The molecule has 1 atom stereocenters. The van der Waals surface area contributed by atoms with Gasteiger partial charge in [-0.15, -0.1) is 0 Å². The zero-order valence-corrected chi connectivity index (χ0v) is 12.6. The molecule has 2 rings (SSSR count). The molecule has 2 nitrogen and oxygen atoms in total. The maximum Gasteiger partial charge on any atom is 0.233 e. The fourth-order valence-electron chi connectivity index (χ4n) is 2.24. The third kappa shape index (κ3) is 4.45. The van der Waals surface area contributed by atoms with Crippen molar-refractivity contribution >= 4 is 6.29 Å². The molecule has 0 aliphatic heterocycles. The Hall–Kier alpha value is -2.09. The second-order valence-electron chi connectivity index (χ2n) is 5.27. The Morgan fingerprint density at radius 2 is 1.57 bits per heavy atom. The fourth-order valence-corrected chi connectivity index (χ4v) is 2.24. The van der Waals surface area contributed by atoms with E-state index in [1.807, 2.05) is 42.7 Å². The van der Waals surface area contributed by atoms with Crippen molar-refractivity contribution < 1.29 is 9.53 Å². The lowest BCUT2D eigenvalue weighted by atomic mass is 10.0. The molecule has 0 aliphatic rings. The van der Waals surface area contributed by atoms with Gasteiger partial charge in [0.05, 0.1) is 6.10 Å². The van der Waals surface area contributed by atoms with Gasteiger partial charge in [-0.3, -0.25) is 4.79 Å². The molecule has 0 N–H and O–H groups in total. The SMILES string of the molecule is CCCCC(C)Oc1ccc(-c2ccc([C]=O)cc2)cc1. The van der Waals surface area contributed by atoms with Gasteiger partial charge in [0.2, 0.25) is 6.29 Å². The third-order valence-electron chi connectivity index (χ3n) is 3.49. The van der Waals surface area contributed by atoms with E-state index >= 15 is 0 Å². The maximum absolute atomic E-state index is 10.5. The summed E-state index contributed by atoms with van der Waals surface area (Å²) in [6, 6.07) is 15.5. The Bertz CT molecular complexity index is 555. The number of unbranched alkanes of at least 4 members (excludes halogenated alkanes) is 1. The normalized spacial score (nSPS) is 11.9. The van der Waals surface area contributed by atoms with Gasteiger partial charge in [-0.25, -0.2) is 0 Å². The van der Waals surface area contributed by atoms with Crippen molar-refractivity contribution in [2.45, 2.75) is 39.2 Å². The van der Waals surface area contributed by atoms with Crippen LogP contribution in [-0.4, -0.2) is 12.4 Å². The molecule has 0 amide bonds. The molecule has 0 saturated heterocycles. The van der Waals surface area contributed by atoms with Crippen molar-refractivity contribution in [2.24, 2.45) is 0 Å². The average molecular weight is 281 g/mol. The molecule has 0 aromatic heterocycles. The molecule has 0 saturated carbocycles. The van der Waals surface area contributed by atoms with E-state index in [1.54, 1.807) is 12.1 Å². The lowest BCUT2D eigenvalue weighted by Gasteiger charge is -2.14. The zero-order valence-electron chi connectivity index (χ0n) is 12.6. The van der Waals surface area contributed by atoms with Crippen molar-refractivity contribution in [3.63, 3.8) is 0 Å². The lowest BCUT2D eigenvalue weighted by Crippen LogP contribution is -2.11. The summed E-state index contributed by atoms with van der Waals surface area (Å²) in [5.74, 6) is 0.903.